The van der Waals surface area contributed by atoms with Crippen LogP contribution in [0.2, 0.25) is 0 Å². The third-order valence-corrected chi connectivity index (χ3v) is 5.69. The summed E-state index contributed by atoms with van der Waals surface area (Å²) in [4.78, 5) is 15.6. The van der Waals surface area contributed by atoms with Gasteiger partial charge in [-0.25, -0.2) is 4.79 Å². The summed E-state index contributed by atoms with van der Waals surface area (Å²) in [6.45, 7) is 6.66. The number of nitrogens with zero attached hydrogens (tertiary/aromatic N) is 3. The number of ether oxygens (including phenoxy) is 1. The highest BCUT2D eigenvalue weighted by Crippen LogP contribution is 2.20. The molecule has 1 fully saturated rings. The zero-order chi connectivity index (χ0) is 17.6. The Labute approximate surface area is 156 Å². The standard InChI is InChI=1S/C17H24N4O2S2/c1-12(2)16-15(25-20-19-16)8-18-17(22)21(9-13-5-7-24-11-13)10-14-4-3-6-23-14/h5,7,11-12,14H,3-4,6,8-10H2,1-2H3,(H,18,22)/t14-/m0/s1. The first-order valence-corrected chi connectivity index (χ1v) is 10.3. The average Bonchev–Trinajstić information content (AvgIpc) is 3.34. The van der Waals surface area contributed by atoms with Gasteiger partial charge >= 0.3 is 6.03 Å². The van der Waals surface area contributed by atoms with E-state index < -0.39 is 0 Å². The van der Waals surface area contributed by atoms with Crippen LogP contribution in [-0.4, -0.2) is 39.8 Å². The van der Waals surface area contributed by atoms with Gasteiger partial charge in [0.25, 0.3) is 0 Å². The first-order valence-electron chi connectivity index (χ1n) is 8.60. The Balaban J connectivity index is 1.62. The Morgan fingerprint density at radius 2 is 2.40 bits per heavy atom. The molecule has 1 atom stereocenters. The second kappa shape index (κ2) is 8.73. The fourth-order valence-electron chi connectivity index (χ4n) is 2.90. The second-order valence-electron chi connectivity index (χ2n) is 6.54. The van der Waals surface area contributed by atoms with Crippen molar-refractivity contribution in [1.29, 1.82) is 0 Å². The monoisotopic (exact) mass is 380 g/mol. The number of carbonyl (C=O) groups excluding carboxylic acids is 1. The van der Waals surface area contributed by atoms with E-state index in [1.165, 1.54) is 11.5 Å². The molecule has 3 rings (SSSR count). The molecule has 136 valence electrons. The first-order chi connectivity index (χ1) is 12.1. The van der Waals surface area contributed by atoms with Crippen LogP contribution in [0.3, 0.4) is 0 Å². The van der Waals surface area contributed by atoms with Gasteiger partial charge in [0.1, 0.15) is 0 Å². The molecule has 2 amide bonds. The SMILES string of the molecule is CC(C)c1nnsc1CNC(=O)N(Cc1ccsc1)C[C@@H]1CCCO1. The Hall–Kier alpha value is -1.51. The molecular weight excluding hydrogens is 356 g/mol. The summed E-state index contributed by atoms with van der Waals surface area (Å²) in [5.41, 5.74) is 2.12. The number of aromatic nitrogens is 2. The average molecular weight is 381 g/mol. The van der Waals surface area contributed by atoms with Crippen molar-refractivity contribution in [2.45, 2.75) is 51.8 Å². The number of hydrogen-bond acceptors (Lipinski definition) is 6. The minimum absolute atomic E-state index is 0.0650. The van der Waals surface area contributed by atoms with Crippen LogP contribution in [0.4, 0.5) is 4.79 Å². The van der Waals surface area contributed by atoms with Crippen LogP contribution in [0.25, 0.3) is 0 Å². The molecule has 3 heterocycles. The maximum absolute atomic E-state index is 12.8. The predicted molar refractivity (Wildman–Crippen MR) is 99.9 cm³/mol. The molecule has 0 saturated carbocycles. The molecule has 0 spiro atoms. The van der Waals surface area contributed by atoms with Crippen molar-refractivity contribution >= 4 is 28.9 Å². The first kappa shape index (κ1) is 18.3. The lowest BCUT2D eigenvalue weighted by molar-refractivity contribution is 0.0794. The van der Waals surface area contributed by atoms with E-state index in [0.29, 0.717) is 25.6 Å². The molecule has 6 nitrogen and oxygen atoms in total. The van der Waals surface area contributed by atoms with E-state index in [1.807, 2.05) is 10.3 Å². The number of carbonyl (C=O) groups is 1. The van der Waals surface area contributed by atoms with Gasteiger partial charge in [-0.3, -0.25) is 0 Å². The lowest BCUT2D eigenvalue weighted by atomic mass is 10.1. The van der Waals surface area contributed by atoms with Crippen LogP contribution in [0.5, 0.6) is 0 Å². The highest BCUT2D eigenvalue weighted by atomic mass is 32.1. The van der Waals surface area contributed by atoms with Crippen molar-refractivity contribution in [3.05, 3.63) is 33.0 Å². The Kier molecular flexibility index (Phi) is 6.39. The number of rotatable bonds is 7. The van der Waals surface area contributed by atoms with Crippen LogP contribution in [-0.2, 0) is 17.8 Å². The summed E-state index contributed by atoms with van der Waals surface area (Å²) >= 11 is 3.00. The maximum atomic E-state index is 12.8. The van der Waals surface area contributed by atoms with Gasteiger partial charge in [0.15, 0.2) is 0 Å². The van der Waals surface area contributed by atoms with E-state index in [4.69, 9.17) is 4.74 Å². The number of nitrogens with one attached hydrogen (secondary N) is 1. The van der Waals surface area contributed by atoms with Crippen LogP contribution in [0.1, 0.15) is 48.7 Å². The van der Waals surface area contributed by atoms with E-state index in [9.17, 15) is 4.79 Å². The molecular formula is C17H24N4O2S2. The van der Waals surface area contributed by atoms with E-state index >= 15 is 0 Å². The zero-order valence-corrected chi connectivity index (χ0v) is 16.2. The molecule has 0 unspecified atom stereocenters. The summed E-state index contributed by atoms with van der Waals surface area (Å²) < 4.78 is 9.74. The molecule has 0 radical (unpaired) electrons. The van der Waals surface area contributed by atoms with Gasteiger partial charge in [0, 0.05) is 19.7 Å². The smallest absolute Gasteiger partial charge is 0.318 e. The van der Waals surface area contributed by atoms with Crippen molar-refractivity contribution in [1.82, 2.24) is 19.8 Å². The summed E-state index contributed by atoms with van der Waals surface area (Å²) in [5.74, 6) is 0.305. The number of thiophene rings is 1. The molecule has 1 aliphatic rings. The molecule has 0 aliphatic carbocycles. The Morgan fingerprint density at radius 3 is 3.08 bits per heavy atom. The van der Waals surface area contributed by atoms with Crippen LogP contribution < -0.4 is 5.32 Å². The molecule has 25 heavy (non-hydrogen) atoms. The lowest BCUT2D eigenvalue weighted by Crippen LogP contribution is -2.43. The highest BCUT2D eigenvalue weighted by Gasteiger charge is 2.23. The van der Waals surface area contributed by atoms with Crippen molar-refractivity contribution in [2.75, 3.05) is 13.2 Å². The number of urea groups is 1. The lowest BCUT2D eigenvalue weighted by Gasteiger charge is -2.25. The van der Waals surface area contributed by atoms with Gasteiger partial charge in [-0.1, -0.05) is 18.3 Å². The minimum Gasteiger partial charge on any atom is -0.376 e. The normalized spacial score (nSPS) is 17.2. The fourth-order valence-corrected chi connectivity index (χ4v) is 4.29. The van der Waals surface area contributed by atoms with Gasteiger partial charge in [-0.05, 0) is 52.7 Å². The minimum atomic E-state index is -0.0650. The summed E-state index contributed by atoms with van der Waals surface area (Å²) in [6, 6.07) is 1.99. The topological polar surface area (TPSA) is 67.4 Å². The molecule has 0 aromatic carbocycles. The van der Waals surface area contributed by atoms with Crippen molar-refractivity contribution in [2.24, 2.45) is 0 Å². The second-order valence-corrected chi connectivity index (χ2v) is 8.16. The van der Waals surface area contributed by atoms with Crippen LogP contribution >= 0.6 is 22.9 Å². The van der Waals surface area contributed by atoms with Gasteiger partial charge in [-0.15, -0.1) is 5.10 Å². The molecule has 2 aromatic heterocycles. The van der Waals surface area contributed by atoms with Crippen molar-refractivity contribution in [3.8, 4) is 0 Å². The molecule has 1 saturated heterocycles. The number of hydrogen-bond donors (Lipinski definition) is 1. The van der Waals surface area contributed by atoms with Crippen molar-refractivity contribution < 1.29 is 9.53 Å². The van der Waals surface area contributed by atoms with Gasteiger partial charge in [0.05, 0.1) is 23.2 Å². The zero-order valence-electron chi connectivity index (χ0n) is 14.6. The van der Waals surface area contributed by atoms with Crippen molar-refractivity contribution in [3.63, 3.8) is 0 Å². The predicted octanol–water partition coefficient (Wildman–Crippen LogP) is 3.61. The van der Waals surface area contributed by atoms with Crippen LogP contribution in [0.15, 0.2) is 16.8 Å². The Bertz CT molecular complexity index is 666. The van der Waals surface area contributed by atoms with Gasteiger partial charge in [0.2, 0.25) is 0 Å². The van der Waals surface area contributed by atoms with Gasteiger partial charge < -0.3 is 15.0 Å². The fraction of sp³-hybridized carbons (Fsp3) is 0.588. The Morgan fingerprint density at radius 1 is 1.52 bits per heavy atom. The highest BCUT2D eigenvalue weighted by molar-refractivity contribution is 7.08. The van der Waals surface area contributed by atoms with E-state index in [2.05, 4.69) is 40.2 Å². The summed E-state index contributed by atoms with van der Waals surface area (Å²) in [7, 11) is 0. The largest absolute Gasteiger partial charge is 0.376 e. The quantitative estimate of drug-likeness (QED) is 0.797. The van der Waals surface area contributed by atoms with E-state index in [1.54, 1.807) is 11.3 Å². The maximum Gasteiger partial charge on any atom is 0.318 e. The number of amides is 2. The molecule has 1 N–H and O–H groups in total. The van der Waals surface area contributed by atoms with E-state index in [0.717, 1.165) is 35.6 Å². The molecule has 1 aliphatic heterocycles. The molecule has 8 heteroatoms. The third kappa shape index (κ3) is 4.99. The molecule has 2 aromatic rings. The summed E-state index contributed by atoms with van der Waals surface area (Å²) in [6.07, 6.45) is 2.23. The van der Waals surface area contributed by atoms with Crippen LogP contribution in [0, 0.1) is 0 Å². The third-order valence-electron chi connectivity index (χ3n) is 4.22. The van der Waals surface area contributed by atoms with E-state index in [-0.39, 0.29) is 12.1 Å². The molecule has 0 bridgehead atoms. The summed E-state index contributed by atoms with van der Waals surface area (Å²) in [5, 5.41) is 11.3. The van der Waals surface area contributed by atoms with Gasteiger partial charge in [-0.2, -0.15) is 11.3 Å².